The summed E-state index contributed by atoms with van der Waals surface area (Å²) < 4.78 is 11.0. The number of Topliss-reactive ketones (excluding diaryl/α,β-unsaturated/α-hetero) is 1. The summed E-state index contributed by atoms with van der Waals surface area (Å²) >= 11 is 0. The van der Waals surface area contributed by atoms with Crippen molar-refractivity contribution in [3.63, 3.8) is 0 Å². The zero-order chi connectivity index (χ0) is 17.7. The van der Waals surface area contributed by atoms with Gasteiger partial charge >= 0.3 is 0 Å². The van der Waals surface area contributed by atoms with Gasteiger partial charge in [0.25, 0.3) is 5.91 Å². The van der Waals surface area contributed by atoms with E-state index in [1.165, 1.54) is 6.92 Å². The molecule has 0 aliphatic carbocycles. The molecule has 0 saturated carbocycles. The molecule has 0 saturated heterocycles. The van der Waals surface area contributed by atoms with E-state index in [2.05, 4.69) is 5.32 Å². The maximum Gasteiger partial charge on any atom is 0.265 e. The van der Waals surface area contributed by atoms with E-state index in [1.807, 2.05) is 19.1 Å². The van der Waals surface area contributed by atoms with Crippen molar-refractivity contribution < 1.29 is 19.1 Å². The molecule has 0 aromatic heterocycles. The maximum atomic E-state index is 12.3. The molecule has 0 aliphatic rings. The Hall–Kier alpha value is -2.82. The van der Waals surface area contributed by atoms with Gasteiger partial charge in [-0.05, 0) is 62.7 Å². The second-order valence-corrected chi connectivity index (χ2v) is 5.54. The molecule has 126 valence electrons. The van der Waals surface area contributed by atoms with Crippen LogP contribution in [0.15, 0.2) is 42.5 Å². The summed E-state index contributed by atoms with van der Waals surface area (Å²) in [5.41, 5.74) is 2.25. The number of aryl methyl sites for hydroxylation is 1. The average molecular weight is 327 g/mol. The zero-order valence-electron chi connectivity index (χ0n) is 14.3. The Kier molecular flexibility index (Phi) is 5.58. The third-order valence-corrected chi connectivity index (χ3v) is 3.55. The molecule has 0 fully saturated rings. The van der Waals surface area contributed by atoms with Crippen LogP contribution >= 0.6 is 0 Å². The summed E-state index contributed by atoms with van der Waals surface area (Å²) in [5, 5.41) is 2.76. The van der Waals surface area contributed by atoms with E-state index < -0.39 is 6.10 Å². The van der Waals surface area contributed by atoms with Gasteiger partial charge in [-0.15, -0.1) is 0 Å². The topological polar surface area (TPSA) is 64.6 Å². The van der Waals surface area contributed by atoms with Gasteiger partial charge in [-0.3, -0.25) is 9.59 Å². The van der Waals surface area contributed by atoms with E-state index in [4.69, 9.17) is 9.47 Å². The molecule has 1 N–H and O–H groups in total. The molecule has 5 nitrogen and oxygen atoms in total. The molecule has 2 aromatic rings. The van der Waals surface area contributed by atoms with E-state index >= 15 is 0 Å². The Bertz CT molecular complexity index is 738. The second kappa shape index (κ2) is 7.64. The summed E-state index contributed by atoms with van der Waals surface area (Å²) in [6.07, 6.45) is -0.700. The van der Waals surface area contributed by atoms with Crippen LogP contribution in [0.3, 0.4) is 0 Å². The van der Waals surface area contributed by atoms with Crippen LogP contribution < -0.4 is 14.8 Å². The Morgan fingerprint density at radius 1 is 1.04 bits per heavy atom. The molecule has 2 rings (SSSR count). The monoisotopic (exact) mass is 327 g/mol. The number of carbonyl (C=O) groups is 2. The van der Waals surface area contributed by atoms with Crippen LogP contribution in [0.1, 0.15) is 29.8 Å². The summed E-state index contributed by atoms with van der Waals surface area (Å²) in [6, 6.07) is 12.2. The van der Waals surface area contributed by atoms with Gasteiger partial charge in [-0.2, -0.15) is 0 Å². The van der Waals surface area contributed by atoms with Crippen LogP contribution in [-0.4, -0.2) is 24.9 Å². The fraction of sp³-hybridized carbons (Fsp3) is 0.263. The largest absolute Gasteiger partial charge is 0.493 e. The van der Waals surface area contributed by atoms with Gasteiger partial charge in [0.05, 0.1) is 7.11 Å². The average Bonchev–Trinajstić information content (AvgIpc) is 2.56. The van der Waals surface area contributed by atoms with Crippen LogP contribution in [0.2, 0.25) is 0 Å². The van der Waals surface area contributed by atoms with Gasteiger partial charge in [0.2, 0.25) is 0 Å². The maximum absolute atomic E-state index is 12.3. The smallest absolute Gasteiger partial charge is 0.265 e. The number of rotatable bonds is 6. The number of amides is 1. The number of anilines is 1. The van der Waals surface area contributed by atoms with Gasteiger partial charge in [-0.25, -0.2) is 0 Å². The highest BCUT2D eigenvalue weighted by molar-refractivity contribution is 5.96. The van der Waals surface area contributed by atoms with Crippen molar-refractivity contribution in [2.75, 3.05) is 12.4 Å². The third-order valence-electron chi connectivity index (χ3n) is 3.55. The Labute approximate surface area is 141 Å². The summed E-state index contributed by atoms with van der Waals surface area (Å²) in [7, 11) is 1.56. The van der Waals surface area contributed by atoms with Crippen molar-refractivity contribution in [1.82, 2.24) is 0 Å². The highest BCUT2D eigenvalue weighted by Crippen LogP contribution is 2.28. The van der Waals surface area contributed by atoms with Crippen molar-refractivity contribution in [2.24, 2.45) is 0 Å². The predicted octanol–water partition coefficient (Wildman–Crippen LogP) is 3.61. The number of benzene rings is 2. The first kappa shape index (κ1) is 17.5. The molecular weight excluding hydrogens is 306 g/mol. The molecule has 1 amide bonds. The van der Waals surface area contributed by atoms with Crippen molar-refractivity contribution in [1.29, 1.82) is 0 Å². The molecule has 0 heterocycles. The van der Waals surface area contributed by atoms with Crippen LogP contribution in [0.4, 0.5) is 5.69 Å². The molecule has 2 aromatic carbocycles. The normalized spacial score (nSPS) is 11.5. The quantitative estimate of drug-likeness (QED) is 0.823. The minimum absolute atomic E-state index is 0.0176. The highest BCUT2D eigenvalue weighted by Gasteiger charge is 2.17. The molecular formula is C19H21NO4. The summed E-state index contributed by atoms with van der Waals surface area (Å²) in [6.45, 7) is 5.12. The van der Waals surface area contributed by atoms with E-state index in [0.717, 1.165) is 5.56 Å². The van der Waals surface area contributed by atoms with Crippen molar-refractivity contribution in [3.05, 3.63) is 53.6 Å². The van der Waals surface area contributed by atoms with Crippen LogP contribution in [0.5, 0.6) is 11.5 Å². The summed E-state index contributed by atoms with van der Waals surface area (Å²) in [4.78, 5) is 23.5. The number of methoxy groups -OCH3 is 1. The minimum Gasteiger partial charge on any atom is -0.493 e. The van der Waals surface area contributed by atoms with Crippen LogP contribution in [-0.2, 0) is 4.79 Å². The first-order chi connectivity index (χ1) is 11.4. The van der Waals surface area contributed by atoms with Crippen molar-refractivity contribution in [2.45, 2.75) is 26.9 Å². The van der Waals surface area contributed by atoms with Gasteiger partial charge in [0.1, 0.15) is 0 Å². The lowest BCUT2D eigenvalue weighted by Gasteiger charge is -2.17. The van der Waals surface area contributed by atoms with Crippen LogP contribution in [0, 0.1) is 6.92 Å². The second-order valence-electron chi connectivity index (χ2n) is 5.54. The molecule has 0 bridgehead atoms. The molecule has 1 atom stereocenters. The number of hydrogen-bond acceptors (Lipinski definition) is 4. The van der Waals surface area contributed by atoms with E-state index in [1.54, 1.807) is 44.4 Å². The molecule has 0 spiro atoms. The SMILES string of the molecule is COc1cc(C)ccc1O[C@@H](C)C(=O)Nc1ccc(C(C)=O)cc1. The number of ether oxygens (including phenoxy) is 2. The molecule has 0 radical (unpaired) electrons. The number of nitrogens with one attached hydrogen (secondary N) is 1. The molecule has 24 heavy (non-hydrogen) atoms. The molecule has 0 aliphatic heterocycles. The zero-order valence-corrected chi connectivity index (χ0v) is 14.3. The lowest BCUT2D eigenvalue weighted by molar-refractivity contribution is -0.122. The number of hydrogen-bond donors (Lipinski definition) is 1. The first-order valence-corrected chi connectivity index (χ1v) is 7.64. The standard InChI is InChI=1S/C19H21NO4/c1-12-5-10-17(18(11-12)23-4)24-14(3)19(22)20-16-8-6-15(7-9-16)13(2)21/h5-11,14H,1-4H3,(H,20,22)/t14-/m0/s1. The Morgan fingerprint density at radius 2 is 1.71 bits per heavy atom. The lowest BCUT2D eigenvalue weighted by Crippen LogP contribution is -2.30. The minimum atomic E-state index is -0.700. The Morgan fingerprint density at radius 3 is 2.29 bits per heavy atom. The molecule has 0 unspecified atom stereocenters. The van der Waals surface area contributed by atoms with Crippen LogP contribution in [0.25, 0.3) is 0 Å². The fourth-order valence-corrected chi connectivity index (χ4v) is 2.15. The molecule has 5 heteroatoms. The number of carbonyl (C=O) groups excluding carboxylic acids is 2. The number of ketones is 1. The van der Waals surface area contributed by atoms with Gasteiger partial charge in [0.15, 0.2) is 23.4 Å². The first-order valence-electron chi connectivity index (χ1n) is 7.64. The lowest BCUT2D eigenvalue weighted by atomic mass is 10.1. The van der Waals surface area contributed by atoms with E-state index in [-0.39, 0.29) is 11.7 Å². The predicted molar refractivity (Wildman–Crippen MR) is 92.9 cm³/mol. The van der Waals surface area contributed by atoms with E-state index in [9.17, 15) is 9.59 Å². The fourth-order valence-electron chi connectivity index (χ4n) is 2.15. The Balaban J connectivity index is 2.03. The third kappa shape index (κ3) is 4.35. The van der Waals surface area contributed by atoms with Gasteiger partial charge < -0.3 is 14.8 Å². The summed E-state index contributed by atoms with van der Waals surface area (Å²) in [5.74, 6) is 0.794. The van der Waals surface area contributed by atoms with Crippen molar-refractivity contribution in [3.8, 4) is 11.5 Å². The van der Waals surface area contributed by atoms with Gasteiger partial charge in [0, 0.05) is 11.3 Å². The van der Waals surface area contributed by atoms with Crippen molar-refractivity contribution >= 4 is 17.4 Å². The van der Waals surface area contributed by atoms with Gasteiger partial charge in [-0.1, -0.05) is 6.07 Å². The van der Waals surface area contributed by atoms with E-state index in [0.29, 0.717) is 22.7 Å². The highest BCUT2D eigenvalue weighted by atomic mass is 16.5.